The highest BCUT2D eigenvalue weighted by atomic mass is 16.3. The number of rotatable bonds is 3. The normalized spacial score (nSPS) is 25.8. The van der Waals surface area contributed by atoms with Crippen molar-refractivity contribution in [3.63, 3.8) is 0 Å². The minimum atomic E-state index is -0.0671. The Morgan fingerprint density at radius 3 is 2.94 bits per heavy atom. The quantitative estimate of drug-likeness (QED) is 0.829. The summed E-state index contributed by atoms with van der Waals surface area (Å²) >= 11 is 0. The van der Waals surface area contributed by atoms with Crippen LogP contribution < -0.4 is 5.32 Å². The van der Waals surface area contributed by atoms with Gasteiger partial charge in [-0.15, -0.1) is 0 Å². The molecule has 3 aliphatic heterocycles. The van der Waals surface area contributed by atoms with E-state index >= 15 is 0 Å². The van der Waals surface area contributed by atoms with Crippen LogP contribution in [0, 0.1) is 0 Å². The van der Waals surface area contributed by atoms with Crippen LogP contribution in [-0.2, 0) is 11.2 Å². The zero-order chi connectivity index (χ0) is 21.4. The number of nitrogens with one attached hydrogen (secondary N) is 1. The van der Waals surface area contributed by atoms with Gasteiger partial charge in [-0.05, 0) is 48.4 Å². The number of hydrogen-bond acceptors (Lipinski definition) is 5. The van der Waals surface area contributed by atoms with E-state index in [1.54, 1.807) is 11.0 Å². The SMILES string of the molecule is CCc1nc2ccc(C3=C\C(=O)N4C=C(N5CCN[C@@H](C)C5)C=C\C4=C/C=C/3)cc2o1. The molecular weight excluding hydrogens is 388 g/mol. The lowest BCUT2D eigenvalue weighted by Crippen LogP contribution is -2.48. The number of amides is 1. The second-order valence-corrected chi connectivity index (χ2v) is 8.09. The molecule has 3 aliphatic rings. The van der Waals surface area contributed by atoms with Crippen LogP contribution in [0.3, 0.4) is 0 Å². The minimum Gasteiger partial charge on any atom is -0.441 e. The van der Waals surface area contributed by atoms with Gasteiger partial charge in [0.15, 0.2) is 11.5 Å². The van der Waals surface area contributed by atoms with Gasteiger partial charge in [-0.25, -0.2) is 4.98 Å². The van der Waals surface area contributed by atoms with Crippen LogP contribution >= 0.6 is 0 Å². The van der Waals surface area contributed by atoms with Crippen molar-refractivity contribution in [2.75, 3.05) is 19.6 Å². The Balaban J connectivity index is 1.46. The van der Waals surface area contributed by atoms with Gasteiger partial charge in [-0.3, -0.25) is 9.69 Å². The second kappa shape index (κ2) is 8.04. The maximum atomic E-state index is 13.2. The van der Waals surface area contributed by atoms with Crippen molar-refractivity contribution in [3.05, 3.63) is 83.7 Å². The van der Waals surface area contributed by atoms with Gasteiger partial charge in [0.05, 0.1) is 5.70 Å². The van der Waals surface area contributed by atoms with Crippen molar-refractivity contribution < 1.29 is 9.21 Å². The molecule has 1 atom stereocenters. The molecule has 0 bridgehead atoms. The van der Waals surface area contributed by atoms with Crippen molar-refractivity contribution in [1.29, 1.82) is 0 Å². The highest BCUT2D eigenvalue weighted by Gasteiger charge is 2.23. The number of aromatic nitrogens is 1. The fourth-order valence-electron chi connectivity index (χ4n) is 4.17. The van der Waals surface area contributed by atoms with Crippen LogP contribution in [0.2, 0.25) is 0 Å². The van der Waals surface area contributed by atoms with E-state index in [1.165, 1.54) is 0 Å². The van der Waals surface area contributed by atoms with E-state index in [0.717, 1.165) is 65.6 Å². The van der Waals surface area contributed by atoms with E-state index < -0.39 is 0 Å². The van der Waals surface area contributed by atoms with E-state index in [9.17, 15) is 4.79 Å². The van der Waals surface area contributed by atoms with Gasteiger partial charge in [0, 0.05) is 50.1 Å². The van der Waals surface area contributed by atoms with Crippen LogP contribution in [0.25, 0.3) is 16.7 Å². The van der Waals surface area contributed by atoms with E-state index in [0.29, 0.717) is 6.04 Å². The summed E-state index contributed by atoms with van der Waals surface area (Å²) < 4.78 is 5.81. The third kappa shape index (κ3) is 3.86. The number of carbonyl (C=O) groups is 1. The maximum absolute atomic E-state index is 13.2. The summed E-state index contributed by atoms with van der Waals surface area (Å²) in [6.07, 6.45) is 14.4. The van der Waals surface area contributed by atoms with E-state index in [2.05, 4.69) is 28.2 Å². The highest BCUT2D eigenvalue weighted by molar-refractivity contribution is 6.00. The molecule has 31 heavy (non-hydrogen) atoms. The van der Waals surface area contributed by atoms with E-state index in [1.807, 2.05) is 55.6 Å². The van der Waals surface area contributed by atoms with Gasteiger partial charge in [-0.2, -0.15) is 0 Å². The zero-order valence-corrected chi connectivity index (χ0v) is 17.8. The van der Waals surface area contributed by atoms with Gasteiger partial charge in [-0.1, -0.05) is 25.1 Å². The highest BCUT2D eigenvalue weighted by Crippen LogP contribution is 2.27. The first-order valence-electron chi connectivity index (χ1n) is 10.8. The Hall–Kier alpha value is -3.38. The topological polar surface area (TPSA) is 61.6 Å². The monoisotopic (exact) mass is 414 g/mol. The van der Waals surface area contributed by atoms with Crippen molar-refractivity contribution >= 4 is 22.6 Å². The van der Waals surface area contributed by atoms with Crippen molar-refractivity contribution in [2.24, 2.45) is 0 Å². The van der Waals surface area contributed by atoms with E-state index in [-0.39, 0.29) is 5.91 Å². The van der Waals surface area contributed by atoms with E-state index in [4.69, 9.17) is 4.42 Å². The predicted molar refractivity (Wildman–Crippen MR) is 122 cm³/mol. The molecule has 1 aromatic carbocycles. The molecule has 0 spiro atoms. The Kier molecular flexibility index (Phi) is 5.08. The first kappa shape index (κ1) is 19.6. The predicted octanol–water partition coefficient (Wildman–Crippen LogP) is 3.76. The third-order valence-electron chi connectivity index (χ3n) is 5.83. The van der Waals surface area contributed by atoms with Crippen molar-refractivity contribution in [3.8, 4) is 0 Å². The Morgan fingerprint density at radius 1 is 1.23 bits per heavy atom. The molecule has 5 rings (SSSR count). The van der Waals surface area contributed by atoms with Crippen LogP contribution in [0.1, 0.15) is 25.3 Å². The number of fused-ring (bicyclic) bond motifs is 2. The number of allylic oxidation sites excluding steroid dienone is 6. The molecular formula is C25H26N4O2. The number of nitrogens with zero attached hydrogens (tertiary/aromatic N) is 3. The number of piperazine rings is 1. The first-order valence-corrected chi connectivity index (χ1v) is 10.8. The summed E-state index contributed by atoms with van der Waals surface area (Å²) in [7, 11) is 0. The molecule has 0 radical (unpaired) electrons. The summed E-state index contributed by atoms with van der Waals surface area (Å²) in [6, 6.07) is 6.31. The first-order chi connectivity index (χ1) is 15.1. The molecule has 2 aromatic rings. The van der Waals surface area contributed by atoms with Gasteiger partial charge in [0.25, 0.3) is 5.91 Å². The van der Waals surface area contributed by atoms with Crippen LogP contribution in [0.15, 0.2) is 76.7 Å². The fraction of sp³-hybridized carbons (Fsp3) is 0.280. The number of aryl methyl sites for hydroxylation is 1. The summed E-state index contributed by atoms with van der Waals surface area (Å²) in [5.41, 5.74) is 5.28. The standard InChI is InChI=1S/C25H26N4O2/c1-3-24-27-22-10-7-19(13-23(22)31-24)18-5-4-6-20-8-9-21(16-29(20)25(30)14-18)28-12-11-26-17(2)15-28/h4-10,13-14,16-17,26H,3,11-12,15H2,1-2H3/b5-4+,18-14+,20-6+/t17-/m0/s1. The second-order valence-electron chi connectivity index (χ2n) is 8.09. The maximum Gasteiger partial charge on any atom is 0.255 e. The molecule has 0 unspecified atom stereocenters. The number of benzene rings is 1. The van der Waals surface area contributed by atoms with Crippen LogP contribution in [0.5, 0.6) is 0 Å². The van der Waals surface area contributed by atoms with Gasteiger partial charge in [0.2, 0.25) is 0 Å². The molecule has 1 aromatic heterocycles. The Morgan fingerprint density at radius 2 is 2.10 bits per heavy atom. The van der Waals surface area contributed by atoms with Crippen molar-refractivity contribution in [1.82, 2.24) is 20.1 Å². The van der Waals surface area contributed by atoms with Crippen LogP contribution in [-0.4, -0.2) is 46.4 Å². The molecule has 1 saturated heterocycles. The average molecular weight is 415 g/mol. The average Bonchev–Trinajstić information content (AvgIpc) is 3.19. The molecule has 158 valence electrons. The molecule has 1 amide bonds. The lowest BCUT2D eigenvalue weighted by molar-refractivity contribution is -0.122. The number of carbonyl (C=O) groups excluding carboxylic acids is 1. The van der Waals surface area contributed by atoms with Crippen molar-refractivity contribution in [2.45, 2.75) is 26.3 Å². The largest absolute Gasteiger partial charge is 0.441 e. The smallest absolute Gasteiger partial charge is 0.255 e. The zero-order valence-electron chi connectivity index (χ0n) is 17.8. The summed E-state index contributed by atoms with van der Waals surface area (Å²) in [5, 5.41) is 3.46. The lowest BCUT2D eigenvalue weighted by atomic mass is 10.0. The summed E-state index contributed by atoms with van der Waals surface area (Å²) in [4.78, 5) is 21.7. The summed E-state index contributed by atoms with van der Waals surface area (Å²) in [5.74, 6) is 0.653. The third-order valence-corrected chi connectivity index (χ3v) is 5.83. The number of hydrogen-bond donors (Lipinski definition) is 1. The molecule has 4 heterocycles. The lowest BCUT2D eigenvalue weighted by Gasteiger charge is -2.36. The Labute approximate surface area is 181 Å². The van der Waals surface area contributed by atoms with Crippen LogP contribution in [0.4, 0.5) is 0 Å². The molecule has 0 aliphatic carbocycles. The fourth-order valence-corrected chi connectivity index (χ4v) is 4.17. The van der Waals surface area contributed by atoms with Gasteiger partial charge in [0.1, 0.15) is 5.52 Å². The molecule has 1 fully saturated rings. The number of oxazole rings is 1. The minimum absolute atomic E-state index is 0.0671. The molecule has 0 saturated carbocycles. The molecule has 1 N–H and O–H groups in total. The Bertz CT molecular complexity index is 1180. The molecule has 6 nitrogen and oxygen atoms in total. The van der Waals surface area contributed by atoms with Gasteiger partial charge < -0.3 is 14.6 Å². The molecule has 6 heteroatoms. The summed E-state index contributed by atoms with van der Waals surface area (Å²) in [6.45, 7) is 7.00. The van der Waals surface area contributed by atoms with Gasteiger partial charge >= 0.3 is 0 Å².